The van der Waals surface area contributed by atoms with Crippen LogP contribution in [0, 0.1) is 5.92 Å². The quantitative estimate of drug-likeness (QED) is 0.573. The molecule has 1 saturated carbocycles. The van der Waals surface area contributed by atoms with Crippen molar-refractivity contribution in [3.8, 4) is 0 Å². The van der Waals surface area contributed by atoms with Crippen molar-refractivity contribution in [2.24, 2.45) is 5.92 Å². The molecule has 98 valence electrons. The Hall–Kier alpha value is -0.0200. The summed E-state index contributed by atoms with van der Waals surface area (Å²) in [6, 6.07) is 0. The Balaban J connectivity index is 2.07. The number of alkyl halides is 1. The molecule has 3 atom stereocenters. The van der Waals surface area contributed by atoms with Crippen LogP contribution >= 0.6 is 11.6 Å². The highest BCUT2D eigenvalue weighted by Gasteiger charge is 2.31. The van der Waals surface area contributed by atoms with Crippen molar-refractivity contribution in [2.75, 3.05) is 6.26 Å². The van der Waals surface area contributed by atoms with Crippen LogP contribution in [0.3, 0.4) is 0 Å². The van der Waals surface area contributed by atoms with Gasteiger partial charge in [0.05, 0.1) is 10.6 Å². The number of halogens is 1. The molecule has 2 nitrogen and oxygen atoms in total. The average Bonchev–Trinajstić information content (AvgIpc) is 2.28. The Labute approximate surface area is 109 Å². The van der Waals surface area contributed by atoms with Gasteiger partial charge in [-0.15, -0.1) is 11.6 Å². The summed E-state index contributed by atoms with van der Waals surface area (Å²) in [6.07, 6.45) is 10.7. The molecule has 0 amide bonds. The predicted molar refractivity (Wildman–Crippen MR) is 72.2 cm³/mol. The lowest BCUT2D eigenvalue weighted by Gasteiger charge is -2.31. The first kappa shape index (κ1) is 13.4. The van der Waals surface area contributed by atoms with Gasteiger partial charge in [-0.25, -0.2) is 8.42 Å². The maximum Gasteiger partial charge on any atom is 0.150 e. The molecule has 0 N–H and O–H groups in total. The number of sulfone groups is 1. The van der Waals surface area contributed by atoms with Crippen LogP contribution in [0.25, 0.3) is 0 Å². The molecule has 2 rings (SSSR count). The Bertz CT molecular complexity index is 400. The van der Waals surface area contributed by atoms with Gasteiger partial charge in [0.25, 0.3) is 0 Å². The van der Waals surface area contributed by atoms with Crippen molar-refractivity contribution in [2.45, 2.75) is 55.6 Å². The Morgan fingerprint density at radius 1 is 1.24 bits per heavy atom. The van der Waals surface area contributed by atoms with Crippen LogP contribution in [-0.4, -0.2) is 25.3 Å². The molecular formula is C13H21ClO2S. The predicted octanol–water partition coefficient (Wildman–Crippen LogP) is 3.31. The maximum atomic E-state index is 11.6. The minimum absolute atomic E-state index is 0.127. The van der Waals surface area contributed by atoms with E-state index in [2.05, 4.69) is 6.08 Å². The molecule has 17 heavy (non-hydrogen) atoms. The highest BCUT2D eigenvalue weighted by atomic mass is 35.5. The van der Waals surface area contributed by atoms with Crippen LogP contribution in [0.2, 0.25) is 0 Å². The van der Waals surface area contributed by atoms with Gasteiger partial charge in [-0.05, 0) is 44.4 Å². The first-order valence-corrected chi connectivity index (χ1v) is 8.89. The number of rotatable bonds is 2. The van der Waals surface area contributed by atoms with Crippen LogP contribution in [0.4, 0.5) is 0 Å². The van der Waals surface area contributed by atoms with Crippen LogP contribution in [0.1, 0.15) is 44.9 Å². The van der Waals surface area contributed by atoms with Crippen molar-refractivity contribution < 1.29 is 8.42 Å². The monoisotopic (exact) mass is 276 g/mol. The van der Waals surface area contributed by atoms with Crippen LogP contribution in [0.15, 0.2) is 11.6 Å². The Morgan fingerprint density at radius 2 is 2.00 bits per heavy atom. The van der Waals surface area contributed by atoms with Crippen molar-refractivity contribution in [3.63, 3.8) is 0 Å². The molecule has 0 aromatic rings. The summed E-state index contributed by atoms with van der Waals surface area (Å²) >= 11 is 6.16. The van der Waals surface area contributed by atoms with E-state index in [4.69, 9.17) is 11.6 Å². The number of hydrogen-bond donors (Lipinski definition) is 0. The first-order valence-electron chi connectivity index (χ1n) is 6.50. The third kappa shape index (κ3) is 3.47. The average molecular weight is 277 g/mol. The Kier molecular flexibility index (Phi) is 4.19. The minimum Gasteiger partial charge on any atom is -0.229 e. The van der Waals surface area contributed by atoms with Crippen molar-refractivity contribution in [3.05, 3.63) is 11.6 Å². The normalized spacial score (nSPS) is 35.4. The number of allylic oxidation sites excluding steroid dienone is 2. The lowest BCUT2D eigenvalue weighted by atomic mass is 9.79. The number of hydrogen-bond acceptors (Lipinski definition) is 2. The fraction of sp³-hybridized carbons (Fsp3) is 0.846. The van der Waals surface area contributed by atoms with E-state index >= 15 is 0 Å². The van der Waals surface area contributed by atoms with Crippen LogP contribution in [0.5, 0.6) is 0 Å². The molecular weight excluding hydrogens is 256 g/mol. The van der Waals surface area contributed by atoms with Gasteiger partial charge in [-0.2, -0.15) is 0 Å². The molecule has 0 spiro atoms. The van der Waals surface area contributed by atoms with E-state index < -0.39 is 9.84 Å². The molecule has 1 fully saturated rings. The third-order valence-electron chi connectivity index (χ3n) is 4.10. The smallest absolute Gasteiger partial charge is 0.150 e. The highest BCUT2D eigenvalue weighted by Crippen LogP contribution is 2.37. The molecule has 2 aliphatic rings. The molecule has 0 aliphatic heterocycles. The zero-order valence-corrected chi connectivity index (χ0v) is 11.9. The van der Waals surface area contributed by atoms with E-state index in [1.165, 1.54) is 11.8 Å². The molecule has 0 heterocycles. The second-order valence-corrected chi connectivity index (χ2v) is 8.35. The van der Waals surface area contributed by atoms with E-state index in [1.54, 1.807) is 0 Å². The fourth-order valence-electron chi connectivity index (χ4n) is 3.11. The van der Waals surface area contributed by atoms with E-state index in [0.29, 0.717) is 5.92 Å². The molecule has 0 bridgehead atoms. The molecule has 0 radical (unpaired) electrons. The van der Waals surface area contributed by atoms with Gasteiger partial charge >= 0.3 is 0 Å². The fourth-order valence-corrected chi connectivity index (χ4v) is 4.60. The van der Waals surface area contributed by atoms with Gasteiger partial charge in [0.15, 0.2) is 0 Å². The SMILES string of the molecule is CS(=O)(=O)C1CCCC(C2=CC(Cl)CCC2)C1. The minimum atomic E-state index is -2.87. The molecule has 0 saturated heterocycles. The first-order chi connectivity index (χ1) is 7.97. The summed E-state index contributed by atoms with van der Waals surface area (Å²) in [4.78, 5) is 0. The van der Waals surface area contributed by atoms with Gasteiger partial charge in [-0.3, -0.25) is 0 Å². The summed E-state index contributed by atoms with van der Waals surface area (Å²) in [6.45, 7) is 0. The summed E-state index contributed by atoms with van der Waals surface area (Å²) in [5.41, 5.74) is 1.42. The van der Waals surface area contributed by atoms with Crippen molar-refractivity contribution in [1.29, 1.82) is 0 Å². The summed E-state index contributed by atoms with van der Waals surface area (Å²) < 4.78 is 23.3. The second-order valence-electron chi connectivity index (χ2n) is 5.46. The maximum absolute atomic E-state index is 11.6. The van der Waals surface area contributed by atoms with Gasteiger partial charge in [0.1, 0.15) is 9.84 Å². The van der Waals surface area contributed by atoms with Crippen molar-refractivity contribution in [1.82, 2.24) is 0 Å². The molecule has 2 aliphatic carbocycles. The zero-order chi connectivity index (χ0) is 12.5. The van der Waals surface area contributed by atoms with Crippen LogP contribution in [-0.2, 0) is 9.84 Å². The van der Waals surface area contributed by atoms with Crippen molar-refractivity contribution >= 4 is 21.4 Å². The molecule has 0 aromatic carbocycles. The van der Waals surface area contributed by atoms with E-state index in [-0.39, 0.29) is 10.6 Å². The van der Waals surface area contributed by atoms with Crippen LogP contribution < -0.4 is 0 Å². The third-order valence-corrected chi connectivity index (χ3v) is 6.08. The lowest BCUT2D eigenvalue weighted by molar-refractivity contribution is 0.385. The second kappa shape index (κ2) is 5.31. The molecule has 0 aromatic heterocycles. The van der Waals surface area contributed by atoms with Gasteiger partial charge < -0.3 is 0 Å². The molecule has 4 heteroatoms. The van der Waals surface area contributed by atoms with E-state index in [9.17, 15) is 8.42 Å². The van der Waals surface area contributed by atoms with E-state index in [1.807, 2.05) is 0 Å². The largest absolute Gasteiger partial charge is 0.229 e. The lowest BCUT2D eigenvalue weighted by Crippen LogP contribution is -2.29. The topological polar surface area (TPSA) is 34.1 Å². The zero-order valence-electron chi connectivity index (χ0n) is 10.4. The van der Waals surface area contributed by atoms with E-state index in [0.717, 1.165) is 44.9 Å². The van der Waals surface area contributed by atoms with Gasteiger partial charge in [0.2, 0.25) is 0 Å². The van der Waals surface area contributed by atoms with Gasteiger partial charge in [-0.1, -0.05) is 18.1 Å². The summed E-state index contributed by atoms with van der Waals surface area (Å²) in [5.74, 6) is 0.463. The summed E-state index contributed by atoms with van der Waals surface area (Å²) in [5, 5.41) is 0.0372. The standard InChI is InChI=1S/C13H21ClO2S/c1-17(15,16)13-7-3-5-11(9-13)10-4-2-6-12(14)8-10/h8,11-13H,2-7,9H2,1H3. The molecule has 3 unspecified atom stereocenters. The Morgan fingerprint density at radius 3 is 2.65 bits per heavy atom. The highest BCUT2D eigenvalue weighted by molar-refractivity contribution is 7.91. The van der Waals surface area contributed by atoms with Gasteiger partial charge in [0, 0.05) is 6.26 Å². The summed E-state index contributed by atoms with van der Waals surface area (Å²) in [7, 11) is -2.87.